The fourth-order valence-electron chi connectivity index (χ4n) is 1.76. The van der Waals surface area contributed by atoms with Gasteiger partial charge >= 0.3 is 5.97 Å². The standard InChI is InChI=1S/C13H14BrN3O3/c1-20-12-4-2-9(6-11(12)14)7-17-8-10(15-16-17)3-5-13(18)19/h2,4,6,8H,3,5,7H2,1H3,(H,18,19). The van der Waals surface area contributed by atoms with Crippen LogP contribution in [-0.4, -0.2) is 33.2 Å². The molecular formula is C13H14BrN3O3. The molecule has 0 amide bonds. The molecule has 0 aliphatic heterocycles. The Morgan fingerprint density at radius 2 is 2.30 bits per heavy atom. The van der Waals surface area contributed by atoms with Gasteiger partial charge in [0.15, 0.2) is 0 Å². The zero-order valence-corrected chi connectivity index (χ0v) is 12.5. The van der Waals surface area contributed by atoms with Gasteiger partial charge in [0.1, 0.15) is 5.75 Å². The van der Waals surface area contributed by atoms with Crippen LogP contribution < -0.4 is 4.74 Å². The van der Waals surface area contributed by atoms with Crippen LogP contribution in [0.15, 0.2) is 28.9 Å². The molecule has 1 heterocycles. The van der Waals surface area contributed by atoms with Gasteiger partial charge < -0.3 is 9.84 Å². The number of hydrogen-bond acceptors (Lipinski definition) is 4. The van der Waals surface area contributed by atoms with Gasteiger partial charge in [-0.3, -0.25) is 4.79 Å². The molecule has 0 radical (unpaired) electrons. The van der Waals surface area contributed by atoms with E-state index in [-0.39, 0.29) is 6.42 Å². The maximum atomic E-state index is 10.5. The molecule has 0 bridgehead atoms. The molecule has 2 aromatic rings. The van der Waals surface area contributed by atoms with Gasteiger partial charge in [-0.25, -0.2) is 4.68 Å². The Labute approximate surface area is 124 Å². The van der Waals surface area contributed by atoms with Crippen molar-refractivity contribution in [2.75, 3.05) is 7.11 Å². The molecule has 106 valence electrons. The predicted octanol–water partition coefficient (Wildman–Crippen LogP) is 2.11. The Morgan fingerprint density at radius 1 is 1.50 bits per heavy atom. The molecule has 1 aromatic heterocycles. The van der Waals surface area contributed by atoms with Crippen molar-refractivity contribution in [1.29, 1.82) is 0 Å². The average molecular weight is 340 g/mol. The number of benzene rings is 1. The zero-order valence-electron chi connectivity index (χ0n) is 10.9. The fourth-order valence-corrected chi connectivity index (χ4v) is 2.35. The molecule has 1 N–H and O–H groups in total. The van der Waals surface area contributed by atoms with E-state index in [9.17, 15) is 4.79 Å². The van der Waals surface area contributed by atoms with E-state index >= 15 is 0 Å². The summed E-state index contributed by atoms with van der Waals surface area (Å²) in [4.78, 5) is 10.5. The van der Waals surface area contributed by atoms with Crippen molar-refractivity contribution in [3.63, 3.8) is 0 Å². The SMILES string of the molecule is COc1ccc(Cn2cc(CCC(=O)O)nn2)cc1Br. The number of hydrogen-bond donors (Lipinski definition) is 1. The smallest absolute Gasteiger partial charge is 0.303 e. The molecule has 6 nitrogen and oxygen atoms in total. The number of aliphatic carboxylic acids is 1. The number of halogens is 1. The highest BCUT2D eigenvalue weighted by Crippen LogP contribution is 2.25. The summed E-state index contributed by atoms with van der Waals surface area (Å²) in [6, 6.07) is 5.78. The monoisotopic (exact) mass is 339 g/mol. The van der Waals surface area contributed by atoms with Crippen LogP contribution in [0.4, 0.5) is 0 Å². The molecule has 0 atom stereocenters. The third-order valence-electron chi connectivity index (χ3n) is 2.74. The van der Waals surface area contributed by atoms with Gasteiger partial charge in [0.05, 0.1) is 30.2 Å². The number of rotatable bonds is 6. The maximum absolute atomic E-state index is 10.5. The third kappa shape index (κ3) is 3.80. The van der Waals surface area contributed by atoms with E-state index in [1.807, 2.05) is 18.2 Å². The lowest BCUT2D eigenvalue weighted by Gasteiger charge is -2.06. The summed E-state index contributed by atoms with van der Waals surface area (Å²) < 4.78 is 7.74. The quantitative estimate of drug-likeness (QED) is 0.872. The minimum atomic E-state index is -0.835. The highest BCUT2D eigenvalue weighted by Gasteiger charge is 2.06. The summed E-state index contributed by atoms with van der Waals surface area (Å²) in [5.74, 6) is -0.0619. The first-order valence-corrected chi connectivity index (χ1v) is 6.81. The number of aryl methyl sites for hydroxylation is 1. The summed E-state index contributed by atoms with van der Waals surface area (Å²) in [5, 5.41) is 16.6. The molecule has 0 aliphatic carbocycles. The normalized spacial score (nSPS) is 10.5. The van der Waals surface area contributed by atoms with Crippen LogP contribution in [-0.2, 0) is 17.8 Å². The van der Waals surface area contributed by atoms with Gasteiger partial charge in [-0.1, -0.05) is 11.3 Å². The van der Waals surface area contributed by atoms with E-state index in [0.717, 1.165) is 15.8 Å². The van der Waals surface area contributed by atoms with Crippen LogP contribution in [0.25, 0.3) is 0 Å². The van der Waals surface area contributed by atoms with Crippen molar-refractivity contribution in [3.8, 4) is 5.75 Å². The Bertz CT molecular complexity index is 613. The van der Waals surface area contributed by atoms with Crippen LogP contribution in [0.3, 0.4) is 0 Å². The van der Waals surface area contributed by atoms with E-state index in [0.29, 0.717) is 18.7 Å². The Kier molecular flexibility index (Phi) is 4.73. The van der Waals surface area contributed by atoms with Gasteiger partial charge in [-0.2, -0.15) is 0 Å². The summed E-state index contributed by atoms with van der Waals surface area (Å²) in [6.07, 6.45) is 2.22. The number of methoxy groups -OCH3 is 1. The topological polar surface area (TPSA) is 77.2 Å². The van der Waals surface area contributed by atoms with E-state index in [1.165, 1.54) is 0 Å². The second-order valence-corrected chi connectivity index (χ2v) is 5.12. The molecule has 1 aromatic carbocycles. The second-order valence-electron chi connectivity index (χ2n) is 4.27. The number of carbonyl (C=O) groups is 1. The van der Waals surface area contributed by atoms with Crippen LogP contribution in [0.1, 0.15) is 17.7 Å². The van der Waals surface area contributed by atoms with Crippen molar-refractivity contribution in [3.05, 3.63) is 40.1 Å². The molecule has 0 fully saturated rings. The predicted molar refractivity (Wildman–Crippen MR) is 75.8 cm³/mol. The summed E-state index contributed by atoms with van der Waals surface area (Å²) in [6.45, 7) is 0.572. The van der Waals surface area contributed by atoms with Crippen LogP contribution >= 0.6 is 15.9 Å². The fraction of sp³-hybridized carbons (Fsp3) is 0.308. The van der Waals surface area contributed by atoms with E-state index in [4.69, 9.17) is 9.84 Å². The first-order chi connectivity index (χ1) is 9.58. The minimum Gasteiger partial charge on any atom is -0.496 e. The molecule has 0 unspecified atom stereocenters. The number of nitrogens with zero attached hydrogens (tertiary/aromatic N) is 3. The Hall–Kier alpha value is -1.89. The van der Waals surface area contributed by atoms with Gasteiger partial charge in [-0.05, 0) is 33.6 Å². The largest absolute Gasteiger partial charge is 0.496 e. The lowest BCUT2D eigenvalue weighted by Crippen LogP contribution is -2.00. The highest BCUT2D eigenvalue weighted by atomic mass is 79.9. The molecule has 20 heavy (non-hydrogen) atoms. The van der Waals surface area contributed by atoms with E-state index in [1.54, 1.807) is 18.0 Å². The number of carboxylic acids is 1. The molecule has 0 aliphatic rings. The maximum Gasteiger partial charge on any atom is 0.303 e. The molecular weight excluding hydrogens is 326 g/mol. The summed E-state index contributed by atoms with van der Waals surface area (Å²) in [7, 11) is 1.62. The number of ether oxygens (including phenoxy) is 1. The average Bonchev–Trinajstić information content (AvgIpc) is 2.84. The molecule has 0 spiro atoms. The number of carboxylic acid groups (broad SMARTS) is 1. The van der Waals surface area contributed by atoms with Crippen molar-refractivity contribution < 1.29 is 14.6 Å². The van der Waals surface area contributed by atoms with Gasteiger partial charge in [0.25, 0.3) is 0 Å². The Morgan fingerprint density at radius 3 is 2.95 bits per heavy atom. The number of aromatic nitrogens is 3. The van der Waals surface area contributed by atoms with Crippen LogP contribution in [0.5, 0.6) is 5.75 Å². The molecule has 2 rings (SSSR count). The van der Waals surface area contributed by atoms with Crippen molar-refractivity contribution in [2.24, 2.45) is 0 Å². The van der Waals surface area contributed by atoms with Gasteiger partial charge in [0, 0.05) is 12.6 Å². The van der Waals surface area contributed by atoms with E-state index in [2.05, 4.69) is 26.2 Å². The second kappa shape index (κ2) is 6.51. The Balaban J connectivity index is 2.03. The zero-order chi connectivity index (χ0) is 14.5. The van der Waals surface area contributed by atoms with Crippen LogP contribution in [0.2, 0.25) is 0 Å². The summed E-state index contributed by atoms with van der Waals surface area (Å²) in [5.41, 5.74) is 1.73. The third-order valence-corrected chi connectivity index (χ3v) is 3.36. The van der Waals surface area contributed by atoms with Crippen LogP contribution in [0, 0.1) is 0 Å². The minimum absolute atomic E-state index is 0.0623. The molecule has 0 saturated heterocycles. The first kappa shape index (κ1) is 14.5. The van der Waals surface area contributed by atoms with Gasteiger partial charge in [-0.15, -0.1) is 5.10 Å². The highest BCUT2D eigenvalue weighted by molar-refractivity contribution is 9.10. The van der Waals surface area contributed by atoms with Crippen molar-refractivity contribution in [1.82, 2.24) is 15.0 Å². The molecule has 7 heteroatoms. The van der Waals surface area contributed by atoms with Gasteiger partial charge in [0.2, 0.25) is 0 Å². The van der Waals surface area contributed by atoms with Crippen molar-refractivity contribution >= 4 is 21.9 Å². The lowest BCUT2D eigenvalue weighted by molar-refractivity contribution is -0.136. The molecule has 0 saturated carbocycles. The van der Waals surface area contributed by atoms with Crippen molar-refractivity contribution in [2.45, 2.75) is 19.4 Å². The van der Waals surface area contributed by atoms with E-state index < -0.39 is 5.97 Å². The lowest BCUT2D eigenvalue weighted by atomic mass is 10.2. The first-order valence-electron chi connectivity index (χ1n) is 6.01. The summed E-state index contributed by atoms with van der Waals surface area (Å²) >= 11 is 3.43.